The third kappa shape index (κ3) is 8.34. The Morgan fingerprint density at radius 2 is 1.89 bits per heavy atom. The number of amides is 1. The maximum atomic E-state index is 11.2. The molecule has 0 unspecified atom stereocenters. The monoisotopic (exact) mass is 501 g/mol. The number of hydrogen-bond acceptors (Lipinski definition) is 3. The van der Waals surface area contributed by atoms with Crippen LogP contribution in [0.5, 0.6) is 0 Å². The molecule has 1 heterocycles. The number of carbonyl (C=O) groups is 1. The minimum absolute atomic E-state index is 0. The summed E-state index contributed by atoms with van der Waals surface area (Å²) in [4.78, 5) is 18.5. The Morgan fingerprint density at radius 3 is 2.54 bits per heavy atom. The first-order valence-electron chi connectivity index (χ1n) is 10.0. The maximum Gasteiger partial charge on any atom is 0.221 e. The van der Waals surface area contributed by atoms with Crippen LogP contribution < -0.4 is 16.0 Å². The van der Waals surface area contributed by atoms with Crippen LogP contribution in [0.3, 0.4) is 0 Å². The van der Waals surface area contributed by atoms with Crippen LogP contribution >= 0.6 is 24.0 Å². The molecule has 1 aliphatic heterocycles. The van der Waals surface area contributed by atoms with Crippen molar-refractivity contribution in [2.45, 2.75) is 59.0 Å². The maximum absolute atomic E-state index is 11.2. The van der Waals surface area contributed by atoms with Crippen molar-refractivity contribution in [1.82, 2.24) is 15.5 Å². The van der Waals surface area contributed by atoms with Gasteiger partial charge in [-0.1, -0.05) is 18.6 Å². The van der Waals surface area contributed by atoms with E-state index in [0.717, 1.165) is 30.3 Å². The third-order valence-corrected chi connectivity index (χ3v) is 4.91. The number of nitrogens with zero attached hydrogens (tertiary/aromatic N) is 2. The first kappa shape index (κ1) is 24.7. The van der Waals surface area contributed by atoms with Crippen molar-refractivity contribution in [3.63, 3.8) is 0 Å². The molecule has 6 nitrogen and oxygen atoms in total. The van der Waals surface area contributed by atoms with E-state index in [1.807, 2.05) is 24.3 Å². The van der Waals surface area contributed by atoms with E-state index in [2.05, 4.69) is 41.6 Å². The van der Waals surface area contributed by atoms with E-state index in [1.165, 1.54) is 39.3 Å². The van der Waals surface area contributed by atoms with Crippen LogP contribution in [-0.2, 0) is 11.3 Å². The highest BCUT2D eigenvalue weighted by Crippen LogP contribution is 2.19. The normalized spacial score (nSPS) is 15.5. The molecule has 0 aromatic heterocycles. The largest absolute Gasteiger partial charge is 0.357 e. The molecule has 0 bridgehead atoms. The van der Waals surface area contributed by atoms with Gasteiger partial charge in [-0.25, -0.2) is 4.99 Å². The van der Waals surface area contributed by atoms with Crippen molar-refractivity contribution < 1.29 is 4.79 Å². The summed E-state index contributed by atoms with van der Waals surface area (Å²) in [6.07, 6.45) is 3.94. The van der Waals surface area contributed by atoms with E-state index in [1.54, 1.807) is 0 Å². The zero-order chi connectivity index (χ0) is 19.7. The van der Waals surface area contributed by atoms with E-state index in [-0.39, 0.29) is 35.4 Å². The zero-order valence-electron chi connectivity index (χ0n) is 17.7. The molecule has 0 spiro atoms. The first-order chi connectivity index (χ1) is 12.9. The Morgan fingerprint density at radius 1 is 1.18 bits per heavy atom. The van der Waals surface area contributed by atoms with Gasteiger partial charge in [0.15, 0.2) is 5.96 Å². The first-order valence-corrected chi connectivity index (χ1v) is 10.0. The molecule has 0 radical (unpaired) electrons. The summed E-state index contributed by atoms with van der Waals surface area (Å²) in [7, 11) is 0. The van der Waals surface area contributed by atoms with Crippen LogP contribution in [0.2, 0.25) is 0 Å². The van der Waals surface area contributed by atoms with Gasteiger partial charge in [-0.05, 0) is 64.4 Å². The highest BCUT2D eigenvalue weighted by molar-refractivity contribution is 14.0. The van der Waals surface area contributed by atoms with Crippen molar-refractivity contribution in [3.05, 3.63) is 29.8 Å². The Kier molecular flexibility index (Phi) is 10.8. The summed E-state index contributed by atoms with van der Waals surface area (Å²) in [5, 5.41) is 9.64. The van der Waals surface area contributed by atoms with Gasteiger partial charge in [-0.15, -0.1) is 24.0 Å². The van der Waals surface area contributed by atoms with Crippen molar-refractivity contribution in [1.29, 1.82) is 0 Å². The average molecular weight is 501 g/mol. The Balaban J connectivity index is 0.00000392. The number of likely N-dealkylation sites (tertiary alicyclic amines) is 1. The van der Waals surface area contributed by atoms with Crippen LogP contribution in [-0.4, -0.2) is 48.5 Å². The summed E-state index contributed by atoms with van der Waals surface area (Å²) in [5.41, 5.74) is 1.97. The van der Waals surface area contributed by atoms with E-state index in [0.29, 0.717) is 6.54 Å². The van der Waals surface area contributed by atoms with Crippen LogP contribution in [0.25, 0.3) is 0 Å². The summed E-state index contributed by atoms with van der Waals surface area (Å²) in [6.45, 7) is 12.8. The summed E-state index contributed by atoms with van der Waals surface area (Å²) in [5.74, 6) is 0.762. The van der Waals surface area contributed by atoms with Gasteiger partial charge in [-0.2, -0.15) is 0 Å². The number of rotatable bonds is 7. The molecule has 7 heteroatoms. The molecule has 1 saturated heterocycles. The van der Waals surface area contributed by atoms with Gasteiger partial charge >= 0.3 is 0 Å². The van der Waals surface area contributed by atoms with Gasteiger partial charge in [0, 0.05) is 31.2 Å². The molecule has 0 atom stereocenters. The molecular weight excluding hydrogens is 465 g/mol. The lowest BCUT2D eigenvalue weighted by Crippen LogP contribution is -2.54. The zero-order valence-corrected chi connectivity index (χ0v) is 20.0. The molecule has 1 aromatic carbocycles. The smallest absolute Gasteiger partial charge is 0.221 e. The van der Waals surface area contributed by atoms with Gasteiger partial charge < -0.3 is 16.0 Å². The number of benzene rings is 1. The second-order valence-corrected chi connectivity index (χ2v) is 7.79. The standard InChI is InChI=1S/C21H35N5O.HI/c1-5-22-20(24-16-21(3,4)26-12-7-6-8-13-26)23-15-18-10-9-11-19(14-18)25-17(2)27;/h9-11,14H,5-8,12-13,15-16H2,1-4H3,(H,25,27)(H2,22,23,24);1H. The van der Waals surface area contributed by atoms with Gasteiger partial charge in [0.05, 0.1) is 6.54 Å². The number of guanidine groups is 1. The highest BCUT2D eigenvalue weighted by atomic mass is 127. The fourth-order valence-corrected chi connectivity index (χ4v) is 3.37. The second kappa shape index (κ2) is 12.3. The Hall–Kier alpha value is -1.35. The van der Waals surface area contributed by atoms with E-state index in [9.17, 15) is 4.79 Å². The highest BCUT2D eigenvalue weighted by Gasteiger charge is 2.27. The number of halogens is 1. The lowest BCUT2D eigenvalue weighted by atomic mass is 9.98. The molecule has 1 amide bonds. The van der Waals surface area contributed by atoms with Gasteiger partial charge in [0.1, 0.15) is 0 Å². The summed E-state index contributed by atoms with van der Waals surface area (Å²) in [6, 6.07) is 7.82. The molecule has 1 fully saturated rings. The SMILES string of the molecule is CCNC(=NCc1cccc(NC(C)=O)c1)NCC(C)(C)N1CCCCC1.I. The number of aliphatic imine (C=N–C) groups is 1. The molecule has 158 valence electrons. The van der Waals surface area contributed by atoms with Gasteiger partial charge in [0.25, 0.3) is 0 Å². The average Bonchev–Trinajstić information content (AvgIpc) is 2.64. The summed E-state index contributed by atoms with van der Waals surface area (Å²) < 4.78 is 0. The number of carbonyl (C=O) groups excluding carboxylic acids is 1. The topological polar surface area (TPSA) is 68.8 Å². The third-order valence-electron chi connectivity index (χ3n) is 4.91. The lowest BCUT2D eigenvalue weighted by Gasteiger charge is -2.41. The predicted molar refractivity (Wildman–Crippen MR) is 128 cm³/mol. The van der Waals surface area contributed by atoms with Gasteiger partial charge in [0.2, 0.25) is 5.91 Å². The van der Waals surface area contributed by atoms with Crippen LogP contribution in [0.15, 0.2) is 29.3 Å². The fraction of sp³-hybridized carbons (Fsp3) is 0.619. The number of piperidine rings is 1. The number of hydrogen-bond donors (Lipinski definition) is 3. The van der Waals surface area contributed by atoms with Crippen molar-refractivity contribution in [3.8, 4) is 0 Å². The van der Waals surface area contributed by atoms with Crippen molar-refractivity contribution in [2.24, 2.45) is 4.99 Å². The van der Waals surface area contributed by atoms with E-state index in [4.69, 9.17) is 4.99 Å². The molecule has 1 aliphatic rings. The fourth-order valence-electron chi connectivity index (χ4n) is 3.37. The lowest BCUT2D eigenvalue weighted by molar-refractivity contribution is -0.114. The molecule has 3 N–H and O–H groups in total. The molecule has 1 aromatic rings. The van der Waals surface area contributed by atoms with Gasteiger partial charge in [-0.3, -0.25) is 9.69 Å². The summed E-state index contributed by atoms with van der Waals surface area (Å²) >= 11 is 0. The second-order valence-electron chi connectivity index (χ2n) is 7.79. The number of nitrogens with one attached hydrogen (secondary N) is 3. The minimum Gasteiger partial charge on any atom is -0.357 e. The van der Waals surface area contributed by atoms with E-state index >= 15 is 0 Å². The van der Waals surface area contributed by atoms with Crippen LogP contribution in [0.4, 0.5) is 5.69 Å². The molecular formula is C21H36IN5O. The quantitative estimate of drug-likeness (QED) is 0.304. The Bertz CT molecular complexity index is 641. The van der Waals surface area contributed by atoms with E-state index < -0.39 is 0 Å². The molecule has 0 saturated carbocycles. The van der Waals surface area contributed by atoms with Crippen molar-refractivity contribution in [2.75, 3.05) is 31.5 Å². The molecule has 2 rings (SSSR count). The minimum atomic E-state index is -0.0643. The van der Waals surface area contributed by atoms with Crippen LogP contribution in [0, 0.1) is 0 Å². The predicted octanol–water partition coefficient (Wildman–Crippen LogP) is 3.58. The number of anilines is 1. The van der Waals surface area contributed by atoms with Crippen molar-refractivity contribution >= 4 is 41.5 Å². The molecule has 28 heavy (non-hydrogen) atoms. The molecule has 0 aliphatic carbocycles. The Labute approximate surface area is 187 Å². The van der Waals surface area contributed by atoms with Crippen LogP contribution in [0.1, 0.15) is 52.5 Å².